The summed E-state index contributed by atoms with van der Waals surface area (Å²) in [5, 5.41) is 13.0. The first-order valence-electron chi connectivity index (χ1n) is 8.72. The fourth-order valence-corrected chi connectivity index (χ4v) is 3.25. The molecule has 2 N–H and O–H groups in total. The highest BCUT2D eigenvalue weighted by molar-refractivity contribution is 4.82. The van der Waals surface area contributed by atoms with E-state index >= 15 is 0 Å². The molecule has 21 heavy (non-hydrogen) atoms. The number of likely N-dealkylation sites (tertiary alicyclic amines) is 1. The van der Waals surface area contributed by atoms with Gasteiger partial charge in [-0.05, 0) is 72.3 Å². The Morgan fingerprint density at radius 1 is 1.38 bits per heavy atom. The van der Waals surface area contributed by atoms with E-state index in [-0.39, 0.29) is 12.1 Å². The van der Waals surface area contributed by atoms with Gasteiger partial charge in [-0.2, -0.15) is 0 Å². The fourth-order valence-electron chi connectivity index (χ4n) is 3.25. The van der Waals surface area contributed by atoms with Gasteiger partial charge in [-0.25, -0.2) is 0 Å². The van der Waals surface area contributed by atoms with Gasteiger partial charge in [-0.15, -0.1) is 0 Å². The summed E-state index contributed by atoms with van der Waals surface area (Å²) in [5.74, 6) is 0.855. The molecule has 0 amide bonds. The summed E-state index contributed by atoms with van der Waals surface area (Å²) in [6.07, 6.45) is 5.94. The second-order valence-corrected chi connectivity index (χ2v) is 7.28. The van der Waals surface area contributed by atoms with Gasteiger partial charge in [0, 0.05) is 18.6 Å². The van der Waals surface area contributed by atoms with Crippen LogP contribution in [0, 0.1) is 5.92 Å². The zero-order valence-corrected chi connectivity index (χ0v) is 14.7. The number of unbranched alkanes of at least 4 members (excludes halogenated alkanes) is 1. The van der Waals surface area contributed by atoms with Gasteiger partial charge in [0.05, 0.1) is 6.61 Å². The van der Waals surface area contributed by atoms with Crippen LogP contribution in [0.3, 0.4) is 0 Å². The molecule has 1 heterocycles. The minimum atomic E-state index is -0.0945. The standard InChI is InChI=1S/C17H37N3O/c1-5-10-18-17(2,15-21)9-6-7-11-19(3)13-16-8-12-20(4)14-16/h16,18,21H,5-15H2,1-4H3. The Morgan fingerprint density at radius 3 is 2.71 bits per heavy atom. The lowest BCUT2D eigenvalue weighted by molar-refractivity contribution is 0.161. The summed E-state index contributed by atoms with van der Waals surface area (Å²) in [4.78, 5) is 4.92. The number of rotatable bonds is 11. The molecule has 0 aromatic heterocycles. The molecule has 4 heteroatoms. The van der Waals surface area contributed by atoms with Crippen LogP contribution in [-0.2, 0) is 0 Å². The van der Waals surface area contributed by atoms with Crippen molar-refractivity contribution in [2.24, 2.45) is 5.92 Å². The average molecular weight is 300 g/mol. The molecule has 1 rings (SSSR count). The first kappa shape index (κ1) is 18.9. The van der Waals surface area contributed by atoms with Crippen LogP contribution in [0.15, 0.2) is 0 Å². The highest BCUT2D eigenvalue weighted by Gasteiger charge is 2.22. The lowest BCUT2D eigenvalue weighted by Crippen LogP contribution is -2.46. The SMILES string of the molecule is CCCNC(C)(CO)CCCCN(C)CC1CCN(C)C1. The van der Waals surface area contributed by atoms with Crippen LogP contribution >= 0.6 is 0 Å². The van der Waals surface area contributed by atoms with Gasteiger partial charge in [0.1, 0.15) is 0 Å². The number of hydrogen-bond donors (Lipinski definition) is 2. The van der Waals surface area contributed by atoms with Crippen molar-refractivity contribution in [2.75, 3.05) is 53.4 Å². The summed E-state index contributed by atoms with van der Waals surface area (Å²) in [7, 11) is 4.47. The van der Waals surface area contributed by atoms with Crippen molar-refractivity contribution in [1.82, 2.24) is 15.1 Å². The van der Waals surface area contributed by atoms with E-state index in [9.17, 15) is 5.11 Å². The van der Waals surface area contributed by atoms with E-state index < -0.39 is 0 Å². The highest BCUT2D eigenvalue weighted by atomic mass is 16.3. The monoisotopic (exact) mass is 299 g/mol. The van der Waals surface area contributed by atoms with Gasteiger partial charge >= 0.3 is 0 Å². The largest absolute Gasteiger partial charge is 0.394 e. The van der Waals surface area contributed by atoms with Crippen molar-refractivity contribution in [2.45, 2.75) is 51.5 Å². The molecule has 1 saturated heterocycles. The van der Waals surface area contributed by atoms with Crippen molar-refractivity contribution in [3.63, 3.8) is 0 Å². The first-order chi connectivity index (χ1) is 9.99. The van der Waals surface area contributed by atoms with Crippen molar-refractivity contribution in [3.8, 4) is 0 Å². The fraction of sp³-hybridized carbons (Fsp3) is 1.00. The van der Waals surface area contributed by atoms with Crippen molar-refractivity contribution >= 4 is 0 Å². The normalized spacial score (nSPS) is 22.9. The summed E-state index contributed by atoms with van der Waals surface area (Å²) in [6, 6.07) is 0. The van der Waals surface area contributed by atoms with Crippen LogP contribution in [0.5, 0.6) is 0 Å². The van der Waals surface area contributed by atoms with Crippen LogP contribution in [0.1, 0.15) is 46.0 Å². The Kier molecular flexibility index (Phi) is 8.79. The predicted octanol–water partition coefficient (Wildman–Crippen LogP) is 1.79. The molecule has 2 atom stereocenters. The Morgan fingerprint density at radius 2 is 2.14 bits per heavy atom. The van der Waals surface area contributed by atoms with E-state index in [1.54, 1.807) is 0 Å². The zero-order chi connectivity index (χ0) is 15.7. The molecule has 1 aliphatic heterocycles. The minimum Gasteiger partial charge on any atom is -0.394 e. The maximum absolute atomic E-state index is 9.56. The molecule has 0 saturated carbocycles. The van der Waals surface area contributed by atoms with Gasteiger partial charge in [-0.1, -0.05) is 13.3 Å². The van der Waals surface area contributed by atoms with Crippen molar-refractivity contribution in [3.05, 3.63) is 0 Å². The Bertz CT molecular complexity index is 275. The first-order valence-corrected chi connectivity index (χ1v) is 8.72. The van der Waals surface area contributed by atoms with Crippen LogP contribution < -0.4 is 5.32 Å². The van der Waals surface area contributed by atoms with E-state index in [1.165, 1.54) is 45.4 Å². The predicted molar refractivity (Wildman–Crippen MR) is 90.7 cm³/mol. The molecule has 126 valence electrons. The van der Waals surface area contributed by atoms with Crippen LogP contribution in [0.4, 0.5) is 0 Å². The molecule has 1 aliphatic rings. The van der Waals surface area contributed by atoms with E-state index in [0.717, 1.165) is 25.3 Å². The average Bonchev–Trinajstić information content (AvgIpc) is 2.86. The Balaban J connectivity index is 2.11. The number of aliphatic hydroxyl groups excluding tert-OH is 1. The zero-order valence-electron chi connectivity index (χ0n) is 14.7. The van der Waals surface area contributed by atoms with Crippen LogP contribution in [-0.4, -0.2) is 73.9 Å². The second kappa shape index (κ2) is 9.78. The lowest BCUT2D eigenvalue weighted by Gasteiger charge is -2.29. The van der Waals surface area contributed by atoms with Gasteiger partial charge in [-0.3, -0.25) is 0 Å². The summed E-state index contributed by atoms with van der Waals surface area (Å²) >= 11 is 0. The molecule has 0 aromatic carbocycles. The molecule has 2 unspecified atom stereocenters. The topological polar surface area (TPSA) is 38.7 Å². The molecule has 0 bridgehead atoms. The van der Waals surface area contributed by atoms with Crippen LogP contribution in [0.25, 0.3) is 0 Å². The molecule has 0 radical (unpaired) electrons. The van der Waals surface area contributed by atoms with Gasteiger partial charge in [0.25, 0.3) is 0 Å². The van der Waals surface area contributed by atoms with Gasteiger partial charge in [0.15, 0.2) is 0 Å². The highest BCUT2D eigenvalue weighted by Crippen LogP contribution is 2.16. The second-order valence-electron chi connectivity index (χ2n) is 7.28. The molecule has 1 fully saturated rings. The van der Waals surface area contributed by atoms with E-state index in [4.69, 9.17) is 0 Å². The number of hydrogen-bond acceptors (Lipinski definition) is 4. The molecule has 0 aromatic rings. The molecular formula is C17H37N3O. The summed E-state index contributed by atoms with van der Waals surface area (Å²) in [5.41, 5.74) is -0.0945. The minimum absolute atomic E-state index is 0.0945. The molecular weight excluding hydrogens is 262 g/mol. The third-order valence-electron chi connectivity index (χ3n) is 4.73. The Labute approximate surface area is 131 Å². The summed E-state index contributed by atoms with van der Waals surface area (Å²) in [6.45, 7) is 10.5. The maximum Gasteiger partial charge on any atom is 0.0610 e. The van der Waals surface area contributed by atoms with Crippen LogP contribution in [0.2, 0.25) is 0 Å². The molecule has 0 aliphatic carbocycles. The van der Waals surface area contributed by atoms with E-state index in [2.05, 4.69) is 43.1 Å². The maximum atomic E-state index is 9.56. The number of aliphatic hydroxyl groups is 1. The van der Waals surface area contributed by atoms with Gasteiger partial charge in [0.2, 0.25) is 0 Å². The molecule has 0 spiro atoms. The van der Waals surface area contributed by atoms with Crippen molar-refractivity contribution < 1.29 is 5.11 Å². The summed E-state index contributed by atoms with van der Waals surface area (Å²) < 4.78 is 0. The van der Waals surface area contributed by atoms with Gasteiger partial charge < -0.3 is 20.2 Å². The third kappa shape index (κ3) is 7.59. The Hall–Kier alpha value is -0.160. The van der Waals surface area contributed by atoms with E-state index in [1.807, 2.05) is 0 Å². The van der Waals surface area contributed by atoms with E-state index in [0.29, 0.717) is 0 Å². The third-order valence-corrected chi connectivity index (χ3v) is 4.73. The number of nitrogens with zero attached hydrogens (tertiary/aromatic N) is 2. The smallest absolute Gasteiger partial charge is 0.0610 e. The lowest BCUT2D eigenvalue weighted by atomic mass is 9.95. The molecule has 4 nitrogen and oxygen atoms in total. The van der Waals surface area contributed by atoms with Crippen molar-refractivity contribution in [1.29, 1.82) is 0 Å². The quantitative estimate of drug-likeness (QED) is 0.571. The number of nitrogens with one attached hydrogen (secondary N) is 1.